The van der Waals surface area contributed by atoms with Crippen molar-refractivity contribution in [3.05, 3.63) is 17.5 Å². The summed E-state index contributed by atoms with van der Waals surface area (Å²) in [6, 6.07) is 1.70. The van der Waals surface area contributed by atoms with Gasteiger partial charge in [0, 0.05) is 17.9 Å². The number of rotatable bonds is 9. The van der Waals surface area contributed by atoms with Crippen molar-refractivity contribution in [3.8, 4) is 0 Å². The van der Waals surface area contributed by atoms with Crippen LogP contribution in [0.1, 0.15) is 57.4 Å². The number of nitrogens with one attached hydrogen (secondary N) is 1. The highest BCUT2D eigenvalue weighted by Gasteiger charge is 2.41. The first-order valence-electron chi connectivity index (χ1n) is 8.50. The summed E-state index contributed by atoms with van der Waals surface area (Å²) in [6.45, 7) is 3.38. The van der Waals surface area contributed by atoms with Crippen molar-refractivity contribution in [1.82, 2.24) is 10.5 Å². The summed E-state index contributed by atoms with van der Waals surface area (Å²) >= 11 is 0. The molecule has 1 fully saturated rings. The van der Waals surface area contributed by atoms with Crippen LogP contribution >= 0.6 is 0 Å². The van der Waals surface area contributed by atoms with Crippen LogP contribution in [0.5, 0.6) is 0 Å². The lowest BCUT2D eigenvalue weighted by atomic mass is 9.67. The third kappa shape index (κ3) is 5.04. The van der Waals surface area contributed by atoms with Crippen LogP contribution < -0.4 is 5.32 Å². The maximum atomic E-state index is 12.4. The molecule has 1 heterocycles. The average Bonchev–Trinajstić information content (AvgIpc) is 2.91. The molecule has 1 aliphatic rings. The van der Waals surface area contributed by atoms with Crippen molar-refractivity contribution < 1.29 is 27.6 Å². The van der Waals surface area contributed by atoms with Crippen molar-refractivity contribution in [2.45, 2.75) is 69.5 Å². The van der Waals surface area contributed by atoms with Crippen molar-refractivity contribution in [3.63, 3.8) is 0 Å². The van der Waals surface area contributed by atoms with Gasteiger partial charge in [-0.15, -0.1) is 0 Å². The van der Waals surface area contributed by atoms with Crippen LogP contribution in [0.4, 0.5) is 13.2 Å². The number of Topliss-reactive ketones (excluding diaryl/α,β-unsaturated/α-hetero) is 1. The number of aliphatic hydroxyl groups excluding tert-OH is 1. The molecule has 0 aliphatic heterocycles. The zero-order chi connectivity index (χ0) is 18.7. The fourth-order valence-electron chi connectivity index (χ4n) is 2.91. The van der Waals surface area contributed by atoms with Crippen LogP contribution in [-0.2, 0) is 16.6 Å². The molecule has 0 atom stereocenters. The summed E-state index contributed by atoms with van der Waals surface area (Å²) in [4.78, 5) is 12.4. The average molecular weight is 362 g/mol. The van der Waals surface area contributed by atoms with Gasteiger partial charge in [-0.2, -0.15) is 13.2 Å². The third-order valence-corrected chi connectivity index (χ3v) is 4.95. The maximum absolute atomic E-state index is 12.4. The largest absolute Gasteiger partial charge is 0.395 e. The number of carbonyl (C=O) groups is 1. The van der Waals surface area contributed by atoms with Gasteiger partial charge in [0.15, 0.2) is 5.78 Å². The predicted octanol–water partition coefficient (Wildman–Crippen LogP) is 2.91. The van der Waals surface area contributed by atoms with E-state index in [2.05, 4.69) is 10.5 Å². The van der Waals surface area contributed by atoms with E-state index < -0.39 is 18.1 Å². The summed E-state index contributed by atoms with van der Waals surface area (Å²) < 4.78 is 41.7. The van der Waals surface area contributed by atoms with E-state index >= 15 is 0 Å². The zero-order valence-electron chi connectivity index (χ0n) is 14.6. The van der Waals surface area contributed by atoms with Crippen LogP contribution in [0.3, 0.4) is 0 Å². The Morgan fingerprint density at radius 3 is 2.60 bits per heavy atom. The monoisotopic (exact) mass is 362 g/mol. The van der Waals surface area contributed by atoms with Gasteiger partial charge in [0.25, 0.3) is 0 Å². The number of hydrogen-bond donors (Lipinski definition) is 2. The van der Waals surface area contributed by atoms with E-state index in [0.29, 0.717) is 11.5 Å². The molecule has 0 amide bonds. The van der Waals surface area contributed by atoms with E-state index in [1.807, 2.05) is 0 Å². The Labute approximate surface area is 145 Å². The number of carbonyl (C=O) groups excluding carboxylic acids is 1. The minimum absolute atomic E-state index is 0.000820. The Balaban J connectivity index is 1.87. The van der Waals surface area contributed by atoms with Crippen LogP contribution in [0.2, 0.25) is 0 Å². The smallest absolute Gasteiger partial charge is 0.389 e. The molecule has 0 spiro atoms. The number of halogens is 3. The summed E-state index contributed by atoms with van der Waals surface area (Å²) in [6.07, 6.45) is -2.42. The van der Waals surface area contributed by atoms with Gasteiger partial charge in [-0.1, -0.05) is 11.6 Å². The summed E-state index contributed by atoms with van der Waals surface area (Å²) in [5, 5.41) is 16.4. The SMILES string of the molecule is CC(C)(NCCCC(F)(F)F)C(=O)Cc1cc(C2(CO)CCC2)no1. The van der Waals surface area contributed by atoms with E-state index in [1.54, 1.807) is 19.9 Å². The quantitative estimate of drug-likeness (QED) is 0.661. The molecule has 25 heavy (non-hydrogen) atoms. The van der Waals surface area contributed by atoms with Gasteiger partial charge in [-0.05, 0) is 39.7 Å². The molecule has 0 saturated heterocycles. The normalized spacial score (nSPS) is 17.4. The fourth-order valence-corrected chi connectivity index (χ4v) is 2.91. The standard InChI is InChI=1S/C17H25F3N2O3/c1-15(2,21-8-4-7-17(18,19)20)14(24)10-12-9-13(22-25-12)16(11-23)5-3-6-16/h9,21,23H,3-8,10-11H2,1-2H3. The number of aliphatic hydroxyl groups is 1. The lowest BCUT2D eigenvalue weighted by molar-refractivity contribution is -0.135. The molecule has 1 saturated carbocycles. The minimum Gasteiger partial charge on any atom is -0.395 e. The predicted molar refractivity (Wildman–Crippen MR) is 85.2 cm³/mol. The fraction of sp³-hybridized carbons (Fsp3) is 0.765. The topological polar surface area (TPSA) is 75.4 Å². The van der Waals surface area contributed by atoms with Gasteiger partial charge in [-0.3, -0.25) is 4.79 Å². The number of nitrogens with zero attached hydrogens (tertiary/aromatic N) is 1. The van der Waals surface area contributed by atoms with Crippen LogP contribution in [0, 0.1) is 0 Å². The first-order valence-corrected chi connectivity index (χ1v) is 8.50. The minimum atomic E-state index is -4.18. The molecule has 0 unspecified atom stereocenters. The van der Waals surface area contributed by atoms with Gasteiger partial charge in [0.05, 0.1) is 24.3 Å². The second kappa shape index (κ2) is 7.45. The Bertz CT molecular complexity index is 587. The summed E-state index contributed by atoms with van der Waals surface area (Å²) in [5.41, 5.74) is -0.639. The second-order valence-corrected chi connectivity index (χ2v) is 7.34. The van der Waals surface area contributed by atoms with E-state index in [9.17, 15) is 23.1 Å². The van der Waals surface area contributed by atoms with Gasteiger partial charge >= 0.3 is 6.18 Å². The van der Waals surface area contributed by atoms with Crippen LogP contribution in [0.25, 0.3) is 0 Å². The lowest BCUT2D eigenvalue weighted by Gasteiger charge is -2.38. The molecule has 1 aliphatic carbocycles. The Morgan fingerprint density at radius 2 is 2.08 bits per heavy atom. The molecule has 8 heteroatoms. The zero-order valence-corrected chi connectivity index (χ0v) is 14.6. The Hall–Kier alpha value is -1.41. The van der Waals surface area contributed by atoms with Gasteiger partial charge in [0.1, 0.15) is 5.76 Å². The molecular formula is C17H25F3N2O3. The van der Waals surface area contributed by atoms with Crippen molar-refractivity contribution >= 4 is 5.78 Å². The van der Waals surface area contributed by atoms with Crippen LogP contribution in [0.15, 0.2) is 10.6 Å². The van der Waals surface area contributed by atoms with Gasteiger partial charge < -0.3 is 14.9 Å². The Kier molecular flexibility index (Phi) is 5.93. The first kappa shape index (κ1) is 19.9. The van der Waals surface area contributed by atoms with E-state index in [0.717, 1.165) is 19.3 Å². The molecule has 1 aromatic rings. The lowest BCUT2D eigenvalue weighted by Crippen LogP contribution is -2.48. The van der Waals surface area contributed by atoms with E-state index in [-0.39, 0.29) is 37.2 Å². The highest BCUT2D eigenvalue weighted by molar-refractivity contribution is 5.89. The van der Waals surface area contributed by atoms with E-state index in [4.69, 9.17) is 4.52 Å². The third-order valence-electron chi connectivity index (χ3n) is 4.95. The molecule has 0 radical (unpaired) electrons. The van der Waals surface area contributed by atoms with Crippen LogP contribution in [-0.4, -0.2) is 40.9 Å². The number of alkyl halides is 3. The highest BCUT2D eigenvalue weighted by atomic mass is 19.4. The Morgan fingerprint density at radius 1 is 1.40 bits per heavy atom. The number of hydrogen-bond acceptors (Lipinski definition) is 5. The summed E-state index contributed by atoms with van der Waals surface area (Å²) in [7, 11) is 0. The van der Waals surface area contributed by atoms with Crippen molar-refractivity contribution in [2.24, 2.45) is 0 Å². The summed E-state index contributed by atoms with van der Waals surface area (Å²) in [5.74, 6) is 0.221. The molecular weight excluding hydrogens is 337 g/mol. The van der Waals surface area contributed by atoms with Gasteiger partial charge in [0.2, 0.25) is 0 Å². The van der Waals surface area contributed by atoms with E-state index in [1.165, 1.54) is 0 Å². The highest BCUT2D eigenvalue weighted by Crippen LogP contribution is 2.42. The second-order valence-electron chi connectivity index (χ2n) is 7.34. The number of aromatic nitrogens is 1. The molecule has 2 N–H and O–H groups in total. The first-order chi connectivity index (χ1) is 11.6. The molecule has 0 bridgehead atoms. The molecule has 5 nitrogen and oxygen atoms in total. The van der Waals surface area contributed by atoms with Crippen molar-refractivity contribution in [2.75, 3.05) is 13.2 Å². The molecule has 142 valence electrons. The van der Waals surface area contributed by atoms with Gasteiger partial charge in [-0.25, -0.2) is 0 Å². The molecule has 1 aromatic heterocycles. The molecule has 0 aromatic carbocycles. The van der Waals surface area contributed by atoms with Crippen molar-refractivity contribution in [1.29, 1.82) is 0 Å². The molecule has 2 rings (SSSR count). The maximum Gasteiger partial charge on any atom is 0.389 e. The number of ketones is 1.